The molecule has 0 atom stereocenters. The van der Waals surface area contributed by atoms with Gasteiger partial charge in [0, 0.05) is 22.8 Å². The molecule has 1 fully saturated rings. The molecule has 0 unspecified atom stereocenters. The van der Waals surface area contributed by atoms with Gasteiger partial charge in [-0.2, -0.15) is 0 Å². The molecule has 1 aliphatic rings. The van der Waals surface area contributed by atoms with Crippen LogP contribution in [-0.2, 0) is 11.3 Å². The Bertz CT molecular complexity index is 455. The zero-order valence-electron chi connectivity index (χ0n) is 11.8. The van der Waals surface area contributed by atoms with Gasteiger partial charge in [-0.3, -0.25) is 14.7 Å². The number of pyridine rings is 1. The first-order chi connectivity index (χ1) is 9.52. The number of nitrogens with zero attached hydrogens (tertiary/aromatic N) is 2. The molecule has 1 N–H and O–H groups in total. The number of carboxylic acids is 1. The monoisotopic (exact) mass is 340 g/mol. The number of aromatic nitrogens is 1. The summed E-state index contributed by atoms with van der Waals surface area (Å²) in [6, 6.07) is 3.96. The van der Waals surface area contributed by atoms with E-state index in [1.165, 1.54) is 6.42 Å². The molecule has 1 aromatic rings. The number of aliphatic carboxylic acids is 1. The predicted octanol–water partition coefficient (Wildman–Crippen LogP) is 3.45. The standard InChI is InChI=1S/C15H21BrN2O2/c1-18(11-13-6-5-12(16)10-17-13)15(9-14(19)20)7-3-2-4-8-15/h5-6,10H,2-4,7-9,11H2,1H3,(H,19,20). The first-order valence-electron chi connectivity index (χ1n) is 7.05. The second kappa shape index (κ2) is 6.68. The Morgan fingerprint density at radius 3 is 2.65 bits per heavy atom. The molecule has 0 bridgehead atoms. The lowest BCUT2D eigenvalue weighted by Gasteiger charge is -2.43. The van der Waals surface area contributed by atoms with Crippen molar-refractivity contribution in [3.63, 3.8) is 0 Å². The van der Waals surface area contributed by atoms with Crippen LogP contribution in [0.3, 0.4) is 0 Å². The fourth-order valence-electron chi connectivity index (χ4n) is 3.10. The average molecular weight is 341 g/mol. The third-order valence-corrected chi connectivity index (χ3v) is 4.73. The number of hydrogen-bond donors (Lipinski definition) is 1. The fourth-order valence-corrected chi connectivity index (χ4v) is 3.33. The summed E-state index contributed by atoms with van der Waals surface area (Å²) in [6.45, 7) is 0.695. The van der Waals surface area contributed by atoms with E-state index in [4.69, 9.17) is 0 Å². The van der Waals surface area contributed by atoms with E-state index in [2.05, 4.69) is 25.8 Å². The highest BCUT2D eigenvalue weighted by Crippen LogP contribution is 2.36. The smallest absolute Gasteiger partial charge is 0.305 e. The molecular formula is C15H21BrN2O2. The summed E-state index contributed by atoms with van der Waals surface area (Å²) in [6.07, 6.45) is 7.38. The minimum atomic E-state index is -0.706. The van der Waals surface area contributed by atoms with Crippen LogP contribution in [0.4, 0.5) is 0 Å². The molecule has 0 amide bonds. The number of carbonyl (C=O) groups is 1. The van der Waals surface area contributed by atoms with Crippen molar-refractivity contribution in [3.05, 3.63) is 28.5 Å². The van der Waals surface area contributed by atoms with Gasteiger partial charge in [-0.15, -0.1) is 0 Å². The van der Waals surface area contributed by atoms with Crippen molar-refractivity contribution in [2.75, 3.05) is 7.05 Å². The Labute approximate surface area is 128 Å². The molecule has 0 saturated heterocycles. The van der Waals surface area contributed by atoms with E-state index in [-0.39, 0.29) is 12.0 Å². The maximum atomic E-state index is 11.2. The Kier molecular flexibility index (Phi) is 5.16. The van der Waals surface area contributed by atoms with Crippen molar-refractivity contribution >= 4 is 21.9 Å². The maximum absolute atomic E-state index is 11.2. The van der Waals surface area contributed by atoms with Crippen LogP contribution in [0.5, 0.6) is 0 Å². The van der Waals surface area contributed by atoms with E-state index < -0.39 is 5.97 Å². The zero-order valence-corrected chi connectivity index (χ0v) is 13.4. The van der Waals surface area contributed by atoms with Gasteiger partial charge in [0.05, 0.1) is 12.1 Å². The molecule has 0 aliphatic heterocycles. The lowest BCUT2D eigenvalue weighted by molar-refractivity contribution is -0.141. The van der Waals surface area contributed by atoms with Crippen molar-refractivity contribution in [3.8, 4) is 0 Å². The van der Waals surface area contributed by atoms with Crippen LogP contribution in [0.1, 0.15) is 44.2 Å². The Morgan fingerprint density at radius 1 is 1.40 bits per heavy atom. The van der Waals surface area contributed by atoms with Gasteiger partial charge in [-0.25, -0.2) is 0 Å². The van der Waals surface area contributed by atoms with Gasteiger partial charge < -0.3 is 5.11 Å². The molecule has 110 valence electrons. The Balaban J connectivity index is 2.11. The van der Waals surface area contributed by atoms with Crippen LogP contribution < -0.4 is 0 Å². The summed E-state index contributed by atoms with van der Waals surface area (Å²) in [5.41, 5.74) is 0.768. The van der Waals surface area contributed by atoms with E-state index in [0.29, 0.717) is 6.54 Å². The number of rotatable bonds is 5. The highest BCUT2D eigenvalue weighted by molar-refractivity contribution is 9.10. The topological polar surface area (TPSA) is 53.4 Å². The lowest BCUT2D eigenvalue weighted by Crippen LogP contribution is -2.49. The van der Waals surface area contributed by atoms with E-state index in [1.807, 2.05) is 19.2 Å². The van der Waals surface area contributed by atoms with E-state index in [1.54, 1.807) is 6.20 Å². The van der Waals surface area contributed by atoms with Crippen LogP contribution in [-0.4, -0.2) is 33.5 Å². The summed E-state index contributed by atoms with van der Waals surface area (Å²) in [4.78, 5) is 17.8. The third kappa shape index (κ3) is 3.79. The molecule has 20 heavy (non-hydrogen) atoms. The van der Waals surface area contributed by atoms with Crippen LogP contribution >= 0.6 is 15.9 Å². The first kappa shape index (κ1) is 15.4. The molecule has 1 aromatic heterocycles. The second-order valence-corrected chi connectivity index (χ2v) is 6.60. The molecule has 1 saturated carbocycles. The van der Waals surface area contributed by atoms with Crippen molar-refractivity contribution in [2.45, 2.75) is 50.6 Å². The van der Waals surface area contributed by atoms with Gasteiger partial charge in [0.15, 0.2) is 0 Å². The number of halogens is 1. The van der Waals surface area contributed by atoms with Crippen LogP contribution in [0.15, 0.2) is 22.8 Å². The highest BCUT2D eigenvalue weighted by Gasteiger charge is 2.38. The van der Waals surface area contributed by atoms with Gasteiger partial charge in [0.2, 0.25) is 0 Å². The molecule has 1 aliphatic carbocycles. The van der Waals surface area contributed by atoms with Crippen LogP contribution in [0, 0.1) is 0 Å². The van der Waals surface area contributed by atoms with E-state index in [9.17, 15) is 9.90 Å². The van der Waals surface area contributed by atoms with Gasteiger partial charge in [0.25, 0.3) is 0 Å². The molecule has 0 spiro atoms. The fraction of sp³-hybridized carbons (Fsp3) is 0.600. The first-order valence-corrected chi connectivity index (χ1v) is 7.85. The van der Waals surface area contributed by atoms with E-state index >= 15 is 0 Å². The van der Waals surface area contributed by atoms with Crippen molar-refractivity contribution in [2.24, 2.45) is 0 Å². The summed E-state index contributed by atoms with van der Waals surface area (Å²) in [5, 5.41) is 9.23. The minimum absolute atomic E-state index is 0.209. The Morgan fingerprint density at radius 2 is 2.10 bits per heavy atom. The summed E-state index contributed by atoms with van der Waals surface area (Å²) in [5.74, 6) is -0.706. The molecule has 2 rings (SSSR count). The Hall–Kier alpha value is -0.940. The summed E-state index contributed by atoms with van der Waals surface area (Å²) < 4.78 is 0.960. The van der Waals surface area contributed by atoms with Gasteiger partial charge >= 0.3 is 5.97 Å². The molecule has 0 aromatic carbocycles. The molecule has 4 nitrogen and oxygen atoms in total. The third-order valence-electron chi connectivity index (χ3n) is 4.26. The van der Waals surface area contributed by atoms with Crippen LogP contribution in [0.2, 0.25) is 0 Å². The lowest BCUT2D eigenvalue weighted by atomic mass is 9.78. The highest BCUT2D eigenvalue weighted by atomic mass is 79.9. The predicted molar refractivity (Wildman–Crippen MR) is 81.5 cm³/mol. The largest absolute Gasteiger partial charge is 0.481 e. The molecule has 5 heteroatoms. The van der Waals surface area contributed by atoms with Gasteiger partial charge in [-0.1, -0.05) is 19.3 Å². The molecule has 1 heterocycles. The molecular weight excluding hydrogens is 320 g/mol. The summed E-state index contributed by atoms with van der Waals surface area (Å²) in [7, 11) is 2.03. The second-order valence-electron chi connectivity index (χ2n) is 5.68. The SMILES string of the molecule is CN(Cc1ccc(Br)cn1)C1(CC(=O)O)CCCCC1. The maximum Gasteiger partial charge on any atom is 0.305 e. The number of hydrogen-bond acceptors (Lipinski definition) is 3. The normalized spacial score (nSPS) is 18.1. The quantitative estimate of drug-likeness (QED) is 0.891. The van der Waals surface area contributed by atoms with Crippen molar-refractivity contribution in [1.82, 2.24) is 9.88 Å². The average Bonchev–Trinajstić information content (AvgIpc) is 2.41. The minimum Gasteiger partial charge on any atom is -0.481 e. The van der Waals surface area contributed by atoms with E-state index in [0.717, 1.165) is 35.8 Å². The van der Waals surface area contributed by atoms with Crippen molar-refractivity contribution < 1.29 is 9.90 Å². The van der Waals surface area contributed by atoms with Gasteiger partial charge in [-0.05, 0) is 48.0 Å². The zero-order chi connectivity index (χ0) is 14.6. The van der Waals surface area contributed by atoms with Crippen LogP contribution in [0.25, 0.3) is 0 Å². The van der Waals surface area contributed by atoms with Crippen molar-refractivity contribution in [1.29, 1.82) is 0 Å². The summed E-state index contributed by atoms with van der Waals surface area (Å²) >= 11 is 3.38. The number of carboxylic acid groups (broad SMARTS) is 1. The molecule has 0 radical (unpaired) electrons. The van der Waals surface area contributed by atoms with Gasteiger partial charge in [0.1, 0.15) is 0 Å².